The number of carbonyl (C=O) groups is 3. The lowest BCUT2D eigenvalue weighted by molar-refractivity contribution is -0.136. The maximum atomic E-state index is 13.2. The van der Waals surface area contributed by atoms with Gasteiger partial charge in [-0.3, -0.25) is 9.59 Å². The molecule has 3 fully saturated rings. The summed E-state index contributed by atoms with van der Waals surface area (Å²) in [5.74, 6) is 4.88. The van der Waals surface area contributed by atoms with E-state index < -0.39 is 0 Å². The quantitative estimate of drug-likeness (QED) is 0.0565. The number of nitrogens with zero attached hydrogens (tertiary/aromatic N) is 1. The Hall–Kier alpha value is -2.09. The monoisotopic (exact) mass is 811 g/mol. The molecule has 8 atom stereocenters. The molecular formula is C50H90N4O4. The van der Waals surface area contributed by atoms with Crippen molar-refractivity contribution >= 4 is 17.9 Å². The number of rotatable bonds is 27. The standard InChI is InChI=1S/C50H90N4O4/c1-7-8-9-10-11-12-13-14-15-23-47(56)54(37-46(55)52-33-17-16-32-51)35-19-18-34-53-48(57)58-41-28-30-49(5)40(36-41)24-25-42-44-27-26-43(39(4)22-20-21-38(2)3)50(44,6)31-29-45(42)49/h24,38-39,41-45H,7-23,25-37,51H2,1-6H3,(H,52,55)(H,53,57)/t39-,41+,42+,43-,44+,45+,49+,50-/m1/s1. The molecule has 334 valence electrons. The molecule has 0 spiro atoms. The van der Waals surface area contributed by atoms with Crippen LogP contribution in [0, 0.1) is 46.3 Å². The first kappa shape index (κ1) is 48.6. The number of fused-ring (bicyclic) bond motifs is 5. The highest BCUT2D eigenvalue weighted by Gasteiger charge is 2.59. The normalized spacial score (nSPS) is 28.2. The van der Waals surface area contributed by atoms with Crippen molar-refractivity contribution in [1.82, 2.24) is 15.5 Å². The van der Waals surface area contributed by atoms with Crippen LogP contribution in [0.4, 0.5) is 4.79 Å². The summed E-state index contributed by atoms with van der Waals surface area (Å²) in [5, 5.41) is 5.95. The Morgan fingerprint density at radius 1 is 0.810 bits per heavy atom. The van der Waals surface area contributed by atoms with E-state index in [1.54, 1.807) is 10.5 Å². The summed E-state index contributed by atoms with van der Waals surface area (Å²) in [5.41, 5.74) is 7.88. The number of hydrogen-bond acceptors (Lipinski definition) is 5. The van der Waals surface area contributed by atoms with Crippen molar-refractivity contribution in [3.8, 4) is 0 Å². The van der Waals surface area contributed by atoms with Crippen molar-refractivity contribution in [1.29, 1.82) is 0 Å². The number of carbonyl (C=O) groups excluding carboxylic acids is 3. The second kappa shape index (κ2) is 25.0. The van der Waals surface area contributed by atoms with Crippen molar-refractivity contribution < 1.29 is 19.1 Å². The van der Waals surface area contributed by atoms with Crippen LogP contribution in [0.1, 0.15) is 202 Å². The molecule has 58 heavy (non-hydrogen) atoms. The van der Waals surface area contributed by atoms with Crippen molar-refractivity contribution in [2.24, 2.45) is 52.1 Å². The summed E-state index contributed by atoms with van der Waals surface area (Å²) in [4.78, 5) is 40.7. The van der Waals surface area contributed by atoms with Crippen LogP contribution in [0.5, 0.6) is 0 Å². The molecule has 3 saturated carbocycles. The van der Waals surface area contributed by atoms with E-state index in [1.165, 1.54) is 96.3 Å². The van der Waals surface area contributed by atoms with E-state index in [1.807, 2.05) is 0 Å². The van der Waals surface area contributed by atoms with Gasteiger partial charge in [0.15, 0.2) is 0 Å². The van der Waals surface area contributed by atoms with Gasteiger partial charge < -0.3 is 26.0 Å². The zero-order valence-electron chi connectivity index (χ0n) is 38.5. The summed E-state index contributed by atoms with van der Waals surface area (Å²) in [7, 11) is 0. The summed E-state index contributed by atoms with van der Waals surface area (Å²) in [6.45, 7) is 17.0. The number of alkyl carbamates (subject to hydrolysis) is 1. The molecule has 0 saturated heterocycles. The molecule has 0 radical (unpaired) electrons. The summed E-state index contributed by atoms with van der Waals surface area (Å²) in [6, 6.07) is 0. The summed E-state index contributed by atoms with van der Waals surface area (Å²) >= 11 is 0. The Bertz CT molecular complexity index is 1270. The third-order valence-corrected chi connectivity index (χ3v) is 15.8. The van der Waals surface area contributed by atoms with Crippen molar-refractivity contribution in [2.45, 2.75) is 208 Å². The van der Waals surface area contributed by atoms with Gasteiger partial charge in [-0.25, -0.2) is 4.79 Å². The minimum absolute atomic E-state index is 0.0526. The van der Waals surface area contributed by atoms with Crippen LogP contribution in [0.2, 0.25) is 0 Å². The van der Waals surface area contributed by atoms with Gasteiger partial charge >= 0.3 is 6.09 Å². The predicted octanol–water partition coefficient (Wildman–Crippen LogP) is 11.5. The molecular weight excluding hydrogens is 721 g/mol. The SMILES string of the molecule is CCCCCCCCCCCC(=O)N(CCCCNC(=O)O[C@H]1CC[C@@]2(C)C(=CC[C@H]3[C@@H]4CC[C@H]([C@H](C)CCCC(C)C)[C@@]4(C)CC[C@@H]32)C1)CC(=O)NCCCCN. The van der Waals surface area contributed by atoms with E-state index in [0.29, 0.717) is 38.0 Å². The van der Waals surface area contributed by atoms with E-state index in [4.69, 9.17) is 10.5 Å². The van der Waals surface area contributed by atoms with E-state index in [9.17, 15) is 14.4 Å². The molecule has 4 N–H and O–H groups in total. The molecule has 8 nitrogen and oxygen atoms in total. The number of nitrogens with one attached hydrogen (secondary N) is 2. The Balaban J connectivity index is 1.18. The topological polar surface area (TPSA) is 114 Å². The number of hydrogen-bond donors (Lipinski definition) is 3. The van der Waals surface area contributed by atoms with Crippen LogP contribution in [0.15, 0.2) is 11.6 Å². The van der Waals surface area contributed by atoms with Crippen LogP contribution in [0.25, 0.3) is 0 Å². The molecule has 8 heteroatoms. The lowest BCUT2D eigenvalue weighted by Gasteiger charge is -2.58. The molecule has 0 heterocycles. The molecule has 4 aliphatic carbocycles. The average Bonchev–Trinajstić information content (AvgIpc) is 3.55. The van der Waals surface area contributed by atoms with E-state index in [2.05, 4.69) is 58.3 Å². The third kappa shape index (κ3) is 14.3. The molecule has 0 aromatic carbocycles. The van der Waals surface area contributed by atoms with Crippen LogP contribution in [-0.4, -0.2) is 61.6 Å². The minimum Gasteiger partial charge on any atom is -0.446 e. The smallest absolute Gasteiger partial charge is 0.407 e. The molecule has 0 bridgehead atoms. The first-order valence-electron chi connectivity index (χ1n) is 24.8. The fourth-order valence-corrected chi connectivity index (χ4v) is 12.3. The van der Waals surface area contributed by atoms with Crippen molar-refractivity contribution in [2.75, 3.05) is 32.7 Å². The number of unbranched alkanes of at least 4 members (excludes halogenated alkanes) is 10. The summed E-state index contributed by atoms with van der Waals surface area (Å²) < 4.78 is 6.05. The van der Waals surface area contributed by atoms with E-state index in [0.717, 1.165) is 93.3 Å². The van der Waals surface area contributed by atoms with Gasteiger partial charge in [-0.2, -0.15) is 0 Å². The zero-order valence-corrected chi connectivity index (χ0v) is 38.5. The van der Waals surface area contributed by atoms with Gasteiger partial charge in [0.2, 0.25) is 11.8 Å². The van der Waals surface area contributed by atoms with Crippen LogP contribution < -0.4 is 16.4 Å². The second-order valence-corrected chi connectivity index (χ2v) is 20.4. The Kier molecular flexibility index (Phi) is 20.9. The fraction of sp³-hybridized carbons (Fsp3) is 0.900. The lowest BCUT2D eigenvalue weighted by Crippen LogP contribution is -2.51. The lowest BCUT2D eigenvalue weighted by atomic mass is 9.47. The molecule has 0 aliphatic heterocycles. The maximum absolute atomic E-state index is 13.2. The second-order valence-electron chi connectivity index (χ2n) is 20.4. The van der Waals surface area contributed by atoms with Crippen LogP contribution in [-0.2, 0) is 14.3 Å². The largest absolute Gasteiger partial charge is 0.446 e. The minimum atomic E-state index is -0.328. The number of amides is 3. The average molecular weight is 811 g/mol. The highest BCUT2D eigenvalue weighted by atomic mass is 16.6. The first-order chi connectivity index (χ1) is 27.9. The molecule has 4 aliphatic rings. The predicted molar refractivity (Wildman–Crippen MR) is 240 cm³/mol. The molecule has 0 unspecified atom stereocenters. The van der Waals surface area contributed by atoms with Crippen LogP contribution >= 0.6 is 0 Å². The van der Waals surface area contributed by atoms with Gasteiger partial charge in [0.1, 0.15) is 6.10 Å². The van der Waals surface area contributed by atoms with Gasteiger partial charge in [-0.15, -0.1) is 0 Å². The highest BCUT2D eigenvalue weighted by Crippen LogP contribution is 2.67. The molecule has 0 aromatic rings. The van der Waals surface area contributed by atoms with Gasteiger partial charge in [-0.1, -0.05) is 124 Å². The third-order valence-electron chi connectivity index (χ3n) is 15.8. The van der Waals surface area contributed by atoms with Crippen LogP contribution in [0.3, 0.4) is 0 Å². The van der Waals surface area contributed by atoms with Gasteiger partial charge in [-0.05, 0) is 130 Å². The molecule has 0 aromatic heterocycles. The number of allylic oxidation sites excluding steroid dienone is 1. The van der Waals surface area contributed by atoms with Gasteiger partial charge in [0, 0.05) is 32.5 Å². The Morgan fingerprint density at radius 3 is 2.24 bits per heavy atom. The number of nitrogens with two attached hydrogens (primary N) is 1. The molecule has 3 amide bonds. The van der Waals surface area contributed by atoms with Gasteiger partial charge in [0.25, 0.3) is 0 Å². The first-order valence-corrected chi connectivity index (χ1v) is 24.8. The fourth-order valence-electron chi connectivity index (χ4n) is 12.3. The van der Waals surface area contributed by atoms with Crippen molar-refractivity contribution in [3.63, 3.8) is 0 Å². The Labute approximate surface area is 356 Å². The highest BCUT2D eigenvalue weighted by molar-refractivity contribution is 5.84. The van der Waals surface area contributed by atoms with E-state index in [-0.39, 0.29) is 36.0 Å². The summed E-state index contributed by atoms with van der Waals surface area (Å²) in [6.07, 6.45) is 30.5. The Morgan fingerprint density at radius 2 is 1.52 bits per heavy atom. The zero-order chi connectivity index (χ0) is 42.0. The molecule has 4 rings (SSSR count). The maximum Gasteiger partial charge on any atom is 0.407 e. The van der Waals surface area contributed by atoms with E-state index >= 15 is 0 Å². The van der Waals surface area contributed by atoms with Gasteiger partial charge in [0.05, 0.1) is 6.54 Å². The van der Waals surface area contributed by atoms with Crippen molar-refractivity contribution in [3.05, 3.63) is 11.6 Å². The number of ether oxygens (including phenoxy) is 1.